The van der Waals surface area contributed by atoms with E-state index in [4.69, 9.17) is 16.7 Å². The van der Waals surface area contributed by atoms with Crippen molar-refractivity contribution in [1.82, 2.24) is 4.98 Å². The van der Waals surface area contributed by atoms with Gasteiger partial charge in [-0.1, -0.05) is 23.4 Å². The van der Waals surface area contributed by atoms with E-state index in [1.54, 1.807) is 0 Å². The average Bonchev–Trinajstić information content (AvgIpc) is 2.38. The molecule has 21 heavy (non-hydrogen) atoms. The zero-order valence-electron chi connectivity index (χ0n) is 10.2. The first-order valence-corrected chi connectivity index (χ1v) is 6.71. The number of aromatic carboxylic acids is 1. The number of pyridine rings is 1. The third-order valence-electron chi connectivity index (χ3n) is 2.45. The van der Waals surface area contributed by atoms with E-state index in [9.17, 15) is 18.0 Å². The number of aromatic nitrogens is 1. The summed E-state index contributed by atoms with van der Waals surface area (Å²) in [7, 11) is 0. The molecule has 1 aromatic carbocycles. The number of hydrogen-bond donors (Lipinski definition) is 1. The van der Waals surface area contributed by atoms with Crippen LogP contribution in [0.3, 0.4) is 0 Å². The Labute approximate surface area is 126 Å². The highest BCUT2D eigenvalue weighted by Gasteiger charge is 2.30. The smallest absolute Gasteiger partial charge is 0.417 e. The number of benzene rings is 1. The van der Waals surface area contributed by atoms with E-state index in [1.165, 1.54) is 24.3 Å². The average molecular weight is 334 g/mol. The van der Waals surface area contributed by atoms with E-state index in [1.807, 2.05) is 0 Å². The van der Waals surface area contributed by atoms with Crippen molar-refractivity contribution in [3.63, 3.8) is 0 Å². The monoisotopic (exact) mass is 333 g/mol. The molecule has 0 spiro atoms. The number of carboxylic acid groups (broad SMARTS) is 1. The maximum absolute atomic E-state index is 12.4. The predicted molar refractivity (Wildman–Crippen MR) is 71.8 cm³/mol. The quantitative estimate of drug-likeness (QED) is 0.891. The Morgan fingerprint density at radius 1 is 1.24 bits per heavy atom. The number of halogens is 4. The summed E-state index contributed by atoms with van der Waals surface area (Å²) >= 11 is 6.73. The first kappa shape index (κ1) is 15.7. The molecule has 110 valence electrons. The van der Waals surface area contributed by atoms with E-state index >= 15 is 0 Å². The third kappa shape index (κ3) is 3.89. The van der Waals surface area contributed by atoms with E-state index in [0.29, 0.717) is 16.1 Å². The molecule has 0 saturated heterocycles. The number of carboxylic acids is 1. The van der Waals surface area contributed by atoms with Crippen LogP contribution in [0.5, 0.6) is 0 Å². The van der Waals surface area contributed by atoms with Gasteiger partial charge in [0.15, 0.2) is 0 Å². The summed E-state index contributed by atoms with van der Waals surface area (Å²) in [6.07, 6.45) is -3.76. The Hall–Kier alpha value is -1.73. The van der Waals surface area contributed by atoms with Crippen molar-refractivity contribution in [2.45, 2.75) is 16.1 Å². The Bertz CT molecular complexity index is 674. The summed E-state index contributed by atoms with van der Waals surface area (Å²) < 4.78 is 37.3. The Morgan fingerprint density at radius 3 is 2.48 bits per heavy atom. The van der Waals surface area contributed by atoms with Gasteiger partial charge in [0.2, 0.25) is 0 Å². The van der Waals surface area contributed by atoms with Crippen LogP contribution in [0.4, 0.5) is 13.2 Å². The third-order valence-corrected chi connectivity index (χ3v) is 3.70. The van der Waals surface area contributed by atoms with Gasteiger partial charge in [0, 0.05) is 16.1 Å². The fraction of sp³-hybridized carbons (Fsp3) is 0.0769. The molecular weight excluding hydrogens is 327 g/mol. The minimum atomic E-state index is -4.46. The molecule has 0 bridgehead atoms. The highest BCUT2D eigenvalue weighted by atomic mass is 35.5. The van der Waals surface area contributed by atoms with Gasteiger partial charge in [0.1, 0.15) is 5.03 Å². The molecule has 0 aliphatic heterocycles. The standard InChI is InChI=1S/C13H7ClF3NO2S/c14-8-2-3-9(12(19)20)10(5-8)21-11-4-1-7(6-18-11)13(15,16)17/h1-6H,(H,19,20). The molecule has 0 saturated carbocycles. The SMILES string of the molecule is O=C(O)c1ccc(Cl)cc1Sc1ccc(C(F)(F)F)cn1. The second-order valence-electron chi connectivity index (χ2n) is 3.93. The maximum atomic E-state index is 12.4. The second kappa shape index (κ2) is 5.95. The van der Waals surface area contributed by atoms with Gasteiger partial charge in [0.05, 0.1) is 11.1 Å². The van der Waals surface area contributed by atoms with Crippen molar-refractivity contribution in [3.05, 3.63) is 52.7 Å². The van der Waals surface area contributed by atoms with Crippen LogP contribution in [-0.4, -0.2) is 16.1 Å². The summed E-state index contributed by atoms with van der Waals surface area (Å²) in [6, 6.07) is 6.25. The van der Waals surface area contributed by atoms with Crippen LogP contribution >= 0.6 is 23.4 Å². The van der Waals surface area contributed by atoms with Crippen LogP contribution in [0.25, 0.3) is 0 Å². The number of hydrogen-bond acceptors (Lipinski definition) is 3. The zero-order chi connectivity index (χ0) is 15.6. The van der Waals surface area contributed by atoms with Crippen molar-refractivity contribution in [1.29, 1.82) is 0 Å². The van der Waals surface area contributed by atoms with Gasteiger partial charge in [-0.15, -0.1) is 0 Å². The lowest BCUT2D eigenvalue weighted by molar-refractivity contribution is -0.137. The molecule has 0 radical (unpaired) electrons. The lowest BCUT2D eigenvalue weighted by Crippen LogP contribution is -2.05. The molecule has 1 N–H and O–H groups in total. The van der Waals surface area contributed by atoms with Crippen LogP contribution < -0.4 is 0 Å². The summed E-state index contributed by atoms with van der Waals surface area (Å²) in [5.74, 6) is -1.15. The van der Waals surface area contributed by atoms with Crippen LogP contribution in [0.15, 0.2) is 46.5 Å². The van der Waals surface area contributed by atoms with Crippen molar-refractivity contribution >= 4 is 29.3 Å². The zero-order valence-corrected chi connectivity index (χ0v) is 11.8. The van der Waals surface area contributed by atoms with Crippen LogP contribution in [0.2, 0.25) is 5.02 Å². The molecule has 1 heterocycles. The molecule has 0 atom stereocenters. The normalized spacial score (nSPS) is 11.4. The summed E-state index contributed by atoms with van der Waals surface area (Å²) in [5.41, 5.74) is -0.859. The molecule has 0 amide bonds. The van der Waals surface area contributed by atoms with E-state index in [2.05, 4.69) is 4.98 Å². The molecular formula is C13H7ClF3NO2S. The first-order valence-electron chi connectivity index (χ1n) is 5.51. The Kier molecular flexibility index (Phi) is 4.43. The topological polar surface area (TPSA) is 50.2 Å². The molecule has 1 aromatic heterocycles. The molecule has 3 nitrogen and oxygen atoms in total. The molecule has 0 aliphatic rings. The van der Waals surface area contributed by atoms with E-state index in [0.717, 1.165) is 17.8 Å². The lowest BCUT2D eigenvalue weighted by atomic mass is 10.2. The number of rotatable bonds is 3. The van der Waals surface area contributed by atoms with Crippen LogP contribution in [0.1, 0.15) is 15.9 Å². The van der Waals surface area contributed by atoms with Gasteiger partial charge in [0.25, 0.3) is 0 Å². The molecule has 0 fully saturated rings. The summed E-state index contributed by atoms with van der Waals surface area (Å²) in [5, 5.41) is 9.63. The highest BCUT2D eigenvalue weighted by molar-refractivity contribution is 7.99. The fourth-order valence-corrected chi connectivity index (χ4v) is 2.63. The number of carbonyl (C=O) groups is 1. The maximum Gasteiger partial charge on any atom is 0.417 e. The van der Waals surface area contributed by atoms with Crippen molar-refractivity contribution in [3.8, 4) is 0 Å². The molecule has 0 unspecified atom stereocenters. The van der Waals surface area contributed by atoms with Gasteiger partial charge in [-0.25, -0.2) is 9.78 Å². The summed E-state index contributed by atoms with van der Waals surface area (Å²) in [6.45, 7) is 0. The Balaban J connectivity index is 2.30. The minimum Gasteiger partial charge on any atom is -0.478 e. The minimum absolute atomic E-state index is 0.00565. The van der Waals surface area contributed by atoms with Crippen molar-refractivity contribution < 1.29 is 23.1 Å². The molecule has 2 aromatic rings. The molecule has 0 aliphatic carbocycles. The van der Waals surface area contributed by atoms with Gasteiger partial charge in [-0.05, 0) is 30.3 Å². The van der Waals surface area contributed by atoms with Crippen molar-refractivity contribution in [2.24, 2.45) is 0 Å². The van der Waals surface area contributed by atoms with Crippen molar-refractivity contribution in [2.75, 3.05) is 0 Å². The number of alkyl halides is 3. The largest absolute Gasteiger partial charge is 0.478 e. The fourth-order valence-electron chi connectivity index (χ4n) is 1.48. The predicted octanol–water partition coefficient (Wildman–Crippen LogP) is 4.60. The van der Waals surface area contributed by atoms with E-state index < -0.39 is 17.7 Å². The van der Waals surface area contributed by atoms with Gasteiger partial charge in [-0.2, -0.15) is 13.2 Å². The van der Waals surface area contributed by atoms with Crippen LogP contribution in [-0.2, 0) is 6.18 Å². The summed E-state index contributed by atoms with van der Waals surface area (Å²) in [4.78, 5) is 15.1. The van der Waals surface area contributed by atoms with Gasteiger partial charge in [-0.3, -0.25) is 0 Å². The first-order chi connectivity index (χ1) is 9.77. The Morgan fingerprint density at radius 2 is 1.95 bits per heavy atom. The van der Waals surface area contributed by atoms with Gasteiger partial charge < -0.3 is 5.11 Å². The van der Waals surface area contributed by atoms with Gasteiger partial charge >= 0.3 is 12.1 Å². The molecule has 2 rings (SSSR count). The highest BCUT2D eigenvalue weighted by Crippen LogP contribution is 2.33. The number of nitrogens with zero attached hydrogens (tertiary/aromatic N) is 1. The van der Waals surface area contributed by atoms with E-state index in [-0.39, 0.29) is 10.6 Å². The van der Waals surface area contributed by atoms with Crippen LogP contribution in [0, 0.1) is 0 Å². The lowest BCUT2D eigenvalue weighted by Gasteiger charge is -2.08. The molecule has 8 heteroatoms. The second-order valence-corrected chi connectivity index (χ2v) is 5.43.